The molecule has 0 saturated carbocycles. The predicted octanol–water partition coefficient (Wildman–Crippen LogP) is 3.71. The van der Waals surface area contributed by atoms with Crippen molar-refractivity contribution >= 4 is 10.0 Å². The summed E-state index contributed by atoms with van der Waals surface area (Å²) in [6.45, 7) is 1.78. The number of hydrogen-bond acceptors (Lipinski definition) is 3. The molecule has 3 N–H and O–H groups in total. The molecule has 0 heterocycles. The van der Waals surface area contributed by atoms with Crippen LogP contribution in [0.4, 0.5) is 0 Å². The van der Waals surface area contributed by atoms with Crippen molar-refractivity contribution in [3.63, 3.8) is 0 Å². The molecular weight excluding hydrogens is 344 g/mol. The van der Waals surface area contributed by atoms with Gasteiger partial charge in [-0.15, -0.1) is 0 Å². The SMILES string of the molecule is Cc1ccccc1S(=O)(=O)N[C@@H](c1ccccc1)[C@@H](N)c1ccccc1. The van der Waals surface area contributed by atoms with Gasteiger partial charge in [0, 0.05) is 0 Å². The summed E-state index contributed by atoms with van der Waals surface area (Å²) in [4.78, 5) is 0.265. The number of nitrogens with one attached hydrogen (secondary N) is 1. The Morgan fingerprint density at radius 1 is 0.769 bits per heavy atom. The first-order valence-corrected chi connectivity index (χ1v) is 9.91. The van der Waals surface area contributed by atoms with Gasteiger partial charge in [-0.25, -0.2) is 13.1 Å². The average Bonchev–Trinajstić information content (AvgIpc) is 2.67. The van der Waals surface area contributed by atoms with Crippen molar-refractivity contribution in [2.24, 2.45) is 5.73 Å². The van der Waals surface area contributed by atoms with E-state index in [9.17, 15) is 8.42 Å². The van der Waals surface area contributed by atoms with Crippen LogP contribution in [0, 0.1) is 6.92 Å². The molecule has 0 radical (unpaired) electrons. The molecule has 0 spiro atoms. The highest BCUT2D eigenvalue weighted by atomic mass is 32.2. The summed E-state index contributed by atoms with van der Waals surface area (Å²) in [5.74, 6) is 0. The van der Waals surface area contributed by atoms with E-state index in [-0.39, 0.29) is 4.90 Å². The molecule has 3 rings (SSSR count). The monoisotopic (exact) mass is 366 g/mol. The molecule has 0 aliphatic rings. The first kappa shape index (κ1) is 18.3. The number of nitrogens with two attached hydrogens (primary N) is 1. The van der Waals surface area contributed by atoms with E-state index >= 15 is 0 Å². The molecule has 134 valence electrons. The lowest BCUT2D eigenvalue weighted by molar-refractivity contribution is 0.503. The Balaban J connectivity index is 2.01. The first-order chi connectivity index (χ1) is 12.5. The maximum absolute atomic E-state index is 13.0. The van der Waals surface area contributed by atoms with E-state index in [4.69, 9.17) is 5.73 Å². The van der Waals surface area contributed by atoms with Crippen molar-refractivity contribution in [3.05, 3.63) is 102 Å². The van der Waals surface area contributed by atoms with Crippen LogP contribution in [0.3, 0.4) is 0 Å². The maximum atomic E-state index is 13.0. The third kappa shape index (κ3) is 4.02. The van der Waals surface area contributed by atoms with Crippen LogP contribution < -0.4 is 10.5 Å². The van der Waals surface area contributed by atoms with Gasteiger partial charge >= 0.3 is 0 Å². The summed E-state index contributed by atoms with van der Waals surface area (Å²) >= 11 is 0. The fourth-order valence-corrected chi connectivity index (χ4v) is 4.46. The van der Waals surface area contributed by atoms with Crippen LogP contribution >= 0.6 is 0 Å². The van der Waals surface area contributed by atoms with E-state index in [1.165, 1.54) is 0 Å². The Labute approximate surface area is 154 Å². The highest BCUT2D eigenvalue weighted by molar-refractivity contribution is 7.89. The van der Waals surface area contributed by atoms with Gasteiger partial charge in [0.15, 0.2) is 0 Å². The number of hydrogen-bond donors (Lipinski definition) is 2. The average molecular weight is 366 g/mol. The molecule has 0 aromatic heterocycles. The number of benzene rings is 3. The van der Waals surface area contributed by atoms with Crippen LogP contribution in [0.2, 0.25) is 0 Å². The molecule has 0 fully saturated rings. The quantitative estimate of drug-likeness (QED) is 0.698. The van der Waals surface area contributed by atoms with E-state index in [0.29, 0.717) is 5.56 Å². The van der Waals surface area contributed by atoms with Crippen LogP contribution in [0.15, 0.2) is 89.8 Å². The van der Waals surface area contributed by atoms with E-state index in [0.717, 1.165) is 11.1 Å². The highest BCUT2D eigenvalue weighted by Gasteiger charge is 2.28. The standard InChI is InChI=1S/C21H22N2O2S/c1-16-10-8-9-15-19(16)26(24,25)23-21(18-13-6-3-7-14-18)20(22)17-11-4-2-5-12-17/h2-15,20-21,23H,22H2,1H3/t20-,21-/m0/s1. The third-order valence-electron chi connectivity index (χ3n) is 4.37. The summed E-state index contributed by atoms with van der Waals surface area (Å²) in [7, 11) is -3.72. The van der Waals surface area contributed by atoms with Gasteiger partial charge in [0.1, 0.15) is 0 Å². The smallest absolute Gasteiger partial charge is 0.241 e. The van der Waals surface area contributed by atoms with Gasteiger partial charge in [-0.2, -0.15) is 0 Å². The molecule has 0 aliphatic heterocycles. The van der Waals surface area contributed by atoms with E-state index in [1.54, 1.807) is 25.1 Å². The van der Waals surface area contributed by atoms with Crippen LogP contribution in [0.5, 0.6) is 0 Å². The molecule has 5 heteroatoms. The number of aryl methyl sites for hydroxylation is 1. The Morgan fingerprint density at radius 2 is 1.27 bits per heavy atom. The van der Waals surface area contributed by atoms with Crippen LogP contribution in [0.1, 0.15) is 28.8 Å². The van der Waals surface area contributed by atoms with Crippen molar-refractivity contribution in [3.8, 4) is 0 Å². The zero-order valence-corrected chi connectivity index (χ0v) is 15.4. The molecular formula is C21H22N2O2S. The minimum atomic E-state index is -3.72. The molecule has 0 amide bonds. The van der Waals surface area contributed by atoms with Gasteiger partial charge in [0.05, 0.1) is 17.0 Å². The van der Waals surface area contributed by atoms with E-state index < -0.39 is 22.1 Å². The molecule has 0 unspecified atom stereocenters. The molecule has 2 atom stereocenters. The van der Waals surface area contributed by atoms with Crippen molar-refractivity contribution in [2.45, 2.75) is 23.9 Å². The Morgan fingerprint density at radius 3 is 1.85 bits per heavy atom. The van der Waals surface area contributed by atoms with E-state index in [1.807, 2.05) is 66.7 Å². The molecule has 3 aromatic carbocycles. The second-order valence-electron chi connectivity index (χ2n) is 6.21. The van der Waals surface area contributed by atoms with Crippen molar-refractivity contribution in [2.75, 3.05) is 0 Å². The van der Waals surface area contributed by atoms with Crippen LogP contribution in [0.25, 0.3) is 0 Å². The second kappa shape index (κ2) is 7.83. The summed E-state index contributed by atoms with van der Waals surface area (Å²) in [6.07, 6.45) is 0. The lowest BCUT2D eigenvalue weighted by Gasteiger charge is -2.26. The van der Waals surface area contributed by atoms with Gasteiger partial charge in [0.25, 0.3) is 0 Å². The Hall–Kier alpha value is -2.47. The number of sulfonamides is 1. The highest BCUT2D eigenvalue weighted by Crippen LogP contribution is 2.29. The normalized spacial score (nSPS) is 13.9. The largest absolute Gasteiger partial charge is 0.322 e. The predicted molar refractivity (Wildman–Crippen MR) is 104 cm³/mol. The molecule has 4 nitrogen and oxygen atoms in total. The third-order valence-corrected chi connectivity index (χ3v) is 5.97. The molecule has 0 bridgehead atoms. The fraction of sp³-hybridized carbons (Fsp3) is 0.143. The van der Waals surface area contributed by atoms with E-state index in [2.05, 4.69) is 4.72 Å². The van der Waals surface area contributed by atoms with Crippen LogP contribution in [-0.4, -0.2) is 8.42 Å². The topological polar surface area (TPSA) is 72.2 Å². The number of rotatable bonds is 6. The minimum absolute atomic E-state index is 0.265. The van der Waals surface area contributed by atoms with Crippen LogP contribution in [-0.2, 0) is 10.0 Å². The van der Waals surface area contributed by atoms with Gasteiger partial charge in [-0.3, -0.25) is 0 Å². The summed E-state index contributed by atoms with van der Waals surface area (Å²) in [6, 6.07) is 24.7. The van der Waals surface area contributed by atoms with Gasteiger partial charge in [-0.1, -0.05) is 78.9 Å². The molecule has 0 saturated heterocycles. The lowest BCUT2D eigenvalue weighted by Crippen LogP contribution is -2.36. The van der Waals surface area contributed by atoms with Crippen molar-refractivity contribution in [1.29, 1.82) is 0 Å². The fourth-order valence-electron chi connectivity index (χ4n) is 2.97. The Bertz CT molecular complexity index is 958. The first-order valence-electron chi connectivity index (χ1n) is 8.42. The molecule has 3 aromatic rings. The van der Waals surface area contributed by atoms with Gasteiger partial charge < -0.3 is 5.73 Å². The van der Waals surface area contributed by atoms with Crippen molar-refractivity contribution in [1.82, 2.24) is 4.72 Å². The lowest BCUT2D eigenvalue weighted by atomic mass is 9.95. The Kier molecular flexibility index (Phi) is 5.52. The van der Waals surface area contributed by atoms with Crippen molar-refractivity contribution < 1.29 is 8.42 Å². The van der Waals surface area contributed by atoms with Gasteiger partial charge in [-0.05, 0) is 29.7 Å². The summed E-state index contributed by atoms with van der Waals surface area (Å²) in [5, 5.41) is 0. The second-order valence-corrected chi connectivity index (χ2v) is 7.89. The molecule has 26 heavy (non-hydrogen) atoms. The summed E-state index contributed by atoms with van der Waals surface area (Å²) in [5.41, 5.74) is 8.85. The maximum Gasteiger partial charge on any atom is 0.241 e. The zero-order chi connectivity index (χ0) is 18.6. The summed E-state index contributed by atoms with van der Waals surface area (Å²) < 4.78 is 28.8. The van der Waals surface area contributed by atoms with Gasteiger partial charge in [0.2, 0.25) is 10.0 Å². The molecule has 0 aliphatic carbocycles. The zero-order valence-electron chi connectivity index (χ0n) is 14.5. The minimum Gasteiger partial charge on any atom is -0.322 e.